The average Bonchev–Trinajstić information content (AvgIpc) is 2.96. The average molecular weight is 376 g/mol. The molecule has 1 N–H and O–H groups in total. The van der Waals surface area contributed by atoms with Crippen LogP contribution in [-0.2, 0) is 35.2 Å². The summed E-state index contributed by atoms with van der Waals surface area (Å²) >= 11 is 0. The minimum Gasteiger partial charge on any atom is -0.467 e. The van der Waals surface area contributed by atoms with E-state index in [0.29, 0.717) is 0 Å². The number of amides is 2. The summed E-state index contributed by atoms with van der Waals surface area (Å²) in [5.41, 5.74) is 0.840. The van der Waals surface area contributed by atoms with Crippen LogP contribution in [0, 0.1) is 5.92 Å². The molecule has 2 rings (SSSR count). The number of nitrogens with zero attached hydrogens (tertiary/aromatic N) is 1. The van der Waals surface area contributed by atoms with Crippen LogP contribution in [0.2, 0.25) is 0 Å². The highest BCUT2D eigenvalue weighted by molar-refractivity contribution is 5.95. The van der Waals surface area contributed by atoms with Gasteiger partial charge in [0, 0.05) is 13.5 Å². The number of likely N-dealkylation sites (tertiary alicyclic amines) is 1. The zero-order valence-corrected chi connectivity index (χ0v) is 15.6. The molecule has 2 amide bonds. The van der Waals surface area contributed by atoms with Crippen molar-refractivity contribution in [1.29, 1.82) is 0 Å². The van der Waals surface area contributed by atoms with Gasteiger partial charge in [-0.05, 0) is 18.9 Å². The van der Waals surface area contributed by atoms with E-state index in [1.165, 1.54) is 18.9 Å². The number of hydrogen-bond donors (Lipinski definition) is 1. The Morgan fingerprint density at radius 1 is 1.26 bits per heavy atom. The van der Waals surface area contributed by atoms with Crippen molar-refractivity contribution in [1.82, 2.24) is 10.2 Å². The molecule has 0 saturated carbocycles. The predicted molar refractivity (Wildman–Crippen MR) is 95.1 cm³/mol. The van der Waals surface area contributed by atoms with E-state index in [4.69, 9.17) is 9.47 Å². The quantitative estimate of drug-likeness (QED) is 0.701. The molecule has 1 saturated heterocycles. The van der Waals surface area contributed by atoms with Gasteiger partial charge in [-0.15, -0.1) is 0 Å². The van der Waals surface area contributed by atoms with E-state index in [-0.39, 0.29) is 19.6 Å². The van der Waals surface area contributed by atoms with Gasteiger partial charge in [0.05, 0.1) is 19.6 Å². The van der Waals surface area contributed by atoms with Crippen LogP contribution >= 0.6 is 0 Å². The lowest BCUT2D eigenvalue weighted by molar-refractivity contribution is -0.152. The second kappa shape index (κ2) is 9.16. The Morgan fingerprint density at radius 2 is 1.93 bits per heavy atom. The van der Waals surface area contributed by atoms with E-state index in [9.17, 15) is 19.2 Å². The zero-order valence-electron chi connectivity index (χ0n) is 15.6. The van der Waals surface area contributed by atoms with E-state index < -0.39 is 41.8 Å². The molecule has 27 heavy (non-hydrogen) atoms. The number of carbonyl (C=O) groups is 4. The third kappa shape index (κ3) is 4.84. The number of rotatable bonds is 7. The molecule has 146 valence electrons. The van der Waals surface area contributed by atoms with Gasteiger partial charge in [-0.3, -0.25) is 9.59 Å². The van der Waals surface area contributed by atoms with Gasteiger partial charge in [-0.25, -0.2) is 9.59 Å². The van der Waals surface area contributed by atoms with Crippen molar-refractivity contribution in [3.05, 3.63) is 35.9 Å². The van der Waals surface area contributed by atoms with E-state index in [0.717, 1.165) is 5.56 Å². The Kier molecular flexibility index (Phi) is 6.92. The summed E-state index contributed by atoms with van der Waals surface area (Å²) in [6, 6.07) is 7.21. The van der Waals surface area contributed by atoms with Crippen LogP contribution in [-0.4, -0.2) is 54.5 Å². The molecule has 8 nitrogen and oxygen atoms in total. The number of carbonyl (C=O) groups excluding carboxylic acids is 4. The highest BCUT2D eigenvalue weighted by atomic mass is 16.5. The maximum Gasteiger partial charge on any atom is 0.329 e. The summed E-state index contributed by atoms with van der Waals surface area (Å²) in [5, 5.41) is 2.49. The first-order valence-corrected chi connectivity index (χ1v) is 8.75. The van der Waals surface area contributed by atoms with Crippen LogP contribution in [0.5, 0.6) is 0 Å². The first-order chi connectivity index (χ1) is 12.9. The lowest BCUT2D eigenvalue weighted by atomic mass is 9.95. The molecule has 8 heteroatoms. The van der Waals surface area contributed by atoms with E-state index in [1.54, 1.807) is 6.92 Å². The lowest BCUT2D eigenvalue weighted by Crippen LogP contribution is -2.48. The summed E-state index contributed by atoms with van der Waals surface area (Å²) < 4.78 is 9.83. The number of hydrogen-bond acceptors (Lipinski definition) is 6. The first-order valence-electron chi connectivity index (χ1n) is 8.75. The Labute approximate surface area is 157 Å². The summed E-state index contributed by atoms with van der Waals surface area (Å²) in [7, 11) is 1.25. The van der Waals surface area contributed by atoms with Gasteiger partial charge in [-0.2, -0.15) is 0 Å². The molecule has 0 radical (unpaired) electrons. The Bertz CT molecular complexity index is 705. The van der Waals surface area contributed by atoms with Crippen molar-refractivity contribution < 1.29 is 28.7 Å². The topological polar surface area (TPSA) is 102 Å². The Hall–Kier alpha value is -2.90. The van der Waals surface area contributed by atoms with Gasteiger partial charge in [0.1, 0.15) is 12.1 Å². The van der Waals surface area contributed by atoms with E-state index in [1.807, 2.05) is 30.3 Å². The fourth-order valence-corrected chi connectivity index (χ4v) is 3.22. The van der Waals surface area contributed by atoms with Crippen LogP contribution in [0.3, 0.4) is 0 Å². The number of benzene rings is 1. The standard InChI is InChI=1S/C19H24N2O6/c1-4-27-19(25)16(20-12(2)22)14-10-15(18(24)26-3)21(17(14)23)11-13-8-6-5-7-9-13/h5-9,14-16H,4,10-11H2,1-3H3,(H,20,22)/t14-,15-,16-/m0/s1. The van der Waals surface area contributed by atoms with Gasteiger partial charge < -0.3 is 19.7 Å². The number of esters is 2. The van der Waals surface area contributed by atoms with Crippen LogP contribution in [0.25, 0.3) is 0 Å². The molecule has 0 bridgehead atoms. The summed E-state index contributed by atoms with van der Waals surface area (Å²) in [4.78, 5) is 50.5. The predicted octanol–water partition coefficient (Wildman–Crippen LogP) is 0.644. The highest BCUT2D eigenvalue weighted by Crippen LogP contribution is 2.30. The van der Waals surface area contributed by atoms with Crippen molar-refractivity contribution in [2.45, 2.75) is 38.9 Å². The molecule has 0 unspecified atom stereocenters. The van der Waals surface area contributed by atoms with Crippen LogP contribution < -0.4 is 5.32 Å². The molecule has 1 aromatic rings. The smallest absolute Gasteiger partial charge is 0.329 e. The molecule has 1 fully saturated rings. The Morgan fingerprint density at radius 3 is 2.48 bits per heavy atom. The van der Waals surface area contributed by atoms with Crippen molar-refractivity contribution in [3.63, 3.8) is 0 Å². The molecule has 1 heterocycles. The van der Waals surface area contributed by atoms with Gasteiger partial charge in [0.15, 0.2) is 0 Å². The molecule has 1 aromatic carbocycles. The summed E-state index contributed by atoms with van der Waals surface area (Å²) in [5.74, 6) is -3.03. The normalized spacial score (nSPS) is 20.1. The van der Waals surface area contributed by atoms with Crippen LogP contribution in [0.1, 0.15) is 25.8 Å². The summed E-state index contributed by atoms with van der Waals surface area (Å²) in [6.07, 6.45) is 0.0576. The third-order valence-corrected chi connectivity index (χ3v) is 4.42. The first kappa shape index (κ1) is 20.4. The third-order valence-electron chi connectivity index (χ3n) is 4.42. The zero-order chi connectivity index (χ0) is 20.0. The number of ether oxygens (including phenoxy) is 2. The molecule has 3 atom stereocenters. The monoisotopic (exact) mass is 376 g/mol. The Balaban J connectivity index is 2.31. The molecule has 0 aromatic heterocycles. The minimum absolute atomic E-state index is 0.0576. The largest absolute Gasteiger partial charge is 0.467 e. The van der Waals surface area contributed by atoms with Gasteiger partial charge in [-0.1, -0.05) is 30.3 Å². The lowest BCUT2D eigenvalue weighted by Gasteiger charge is -2.24. The maximum absolute atomic E-state index is 13.0. The fraction of sp³-hybridized carbons (Fsp3) is 0.474. The van der Waals surface area contributed by atoms with Crippen molar-refractivity contribution >= 4 is 23.8 Å². The van der Waals surface area contributed by atoms with Crippen LogP contribution in [0.15, 0.2) is 30.3 Å². The molecular weight excluding hydrogens is 352 g/mol. The van der Waals surface area contributed by atoms with E-state index in [2.05, 4.69) is 5.32 Å². The SMILES string of the molecule is CCOC(=O)[C@@H](NC(C)=O)[C@@H]1C[C@@H](C(=O)OC)N(Cc2ccccc2)C1=O. The van der Waals surface area contributed by atoms with Crippen LogP contribution in [0.4, 0.5) is 0 Å². The second-order valence-corrected chi connectivity index (χ2v) is 6.26. The van der Waals surface area contributed by atoms with E-state index >= 15 is 0 Å². The van der Waals surface area contributed by atoms with Crippen molar-refractivity contribution in [2.75, 3.05) is 13.7 Å². The second-order valence-electron chi connectivity index (χ2n) is 6.26. The molecule has 0 aliphatic carbocycles. The molecule has 1 aliphatic heterocycles. The van der Waals surface area contributed by atoms with Gasteiger partial charge >= 0.3 is 11.9 Å². The maximum atomic E-state index is 13.0. The van der Waals surface area contributed by atoms with Crippen molar-refractivity contribution in [3.8, 4) is 0 Å². The number of nitrogens with one attached hydrogen (secondary N) is 1. The minimum atomic E-state index is -1.15. The highest BCUT2D eigenvalue weighted by Gasteiger charge is 2.49. The molecule has 1 aliphatic rings. The summed E-state index contributed by atoms with van der Waals surface area (Å²) in [6.45, 7) is 3.21. The van der Waals surface area contributed by atoms with Gasteiger partial charge in [0.25, 0.3) is 0 Å². The fourth-order valence-electron chi connectivity index (χ4n) is 3.22. The number of methoxy groups -OCH3 is 1. The molecular formula is C19H24N2O6. The van der Waals surface area contributed by atoms with Crippen molar-refractivity contribution in [2.24, 2.45) is 5.92 Å². The van der Waals surface area contributed by atoms with Gasteiger partial charge in [0.2, 0.25) is 11.8 Å². The molecule has 0 spiro atoms.